The van der Waals surface area contributed by atoms with E-state index in [9.17, 15) is 0 Å². The fourth-order valence-electron chi connectivity index (χ4n) is 2.80. The lowest BCUT2D eigenvalue weighted by Crippen LogP contribution is -2.51. The largest absolute Gasteiger partial charge is 0.396 e. The fourth-order valence-corrected chi connectivity index (χ4v) is 2.80. The maximum atomic E-state index is 8.74. The molecule has 0 spiro atoms. The highest BCUT2D eigenvalue weighted by molar-refractivity contribution is 4.89. The number of unbranched alkanes of at least 4 members (excludes halogenated alkanes) is 2. The summed E-state index contributed by atoms with van der Waals surface area (Å²) in [4.78, 5) is 0. The van der Waals surface area contributed by atoms with E-state index in [-0.39, 0.29) is 5.54 Å². The Morgan fingerprint density at radius 1 is 0.941 bits per heavy atom. The molecule has 17 heavy (non-hydrogen) atoms. The monoisotopic (exact) mass is 242 g/mol. The molecule has 1 aliphatic rings. The summed E-state index contributed by atoms with van der Waals surface area (Å²) in [6.45, 7) is 2.15. The molecule has 0 aliphatic heterocycles. The molecule has 1 rings (SSSR count). The number of hydrogen-bond acceptors (Lipinski definition) is 3. The van der Waals surface area contributed by atoms with Crippen LogP contribution in [0.3, 0.4) is 0 Å². The van der Waals surface area contributed by atoms with Crippen molar-refractivity contribution in [1.82, 2.24) is 5.32 Å². The summed E-state index contributed by atoms with van der Waals surface area (Å²) in [5.41, 5.74) is 6.21. The molecular weight excluding hydrogens is 212 g/mol. The Hall–Kier alpha value is -0.120. The lowest BCUT2D eigenvalue weighted by Gasteiger charge is -2.35. The normalized spacial score (nSPS) is 20.8. The summed E-state index contributed by atoms with van der Waals surface area (Å²) >= 11 is 0. The fraction of sp³-hybridized carbons (Fsp3) is 1.00. The molecule has 102 valence electrons. The van der Waals surface area contributed by atoms with Crippen LogP contribution in [0.5, 0.6) is 0 Å². The molecule has 0 saturated heterocycles. The molecule has 3 nitrogen and oxygen atoms in total. The molecule has 0 bridgehead atoms. The number of hydrogen-bond donors (Lipinski definition) is 3. The maximum Gasteiger partial charge on any atom is 0.0431 e. The van der Waals surface area contributed by atoms with Gasteiger partial charge in [0.1, 0.15) is 0 Å². The molecule has 0 amide bonds. The van der Waals surface area contributed by atoms with Crippen LogP contribution in [0.1, 0.15) is 64.2 Å². The first-order valence-electron chi connectivity index (χ1n) is 7.39. The van der Waals surface area contributed by atoms with E-state index in [0.717, 1.165) is 32.4 Å². The summed E-state index contributed by atoms with van der Waals surface area (Å²) in [7, 11) is 0. The van der Waals surface area contributed by atoms with Gasteiger partial charge in [-0.1, -0.05) is 32.1 Å². The van der Waals surface area contributed by atoms with Crippen LogP contribution in [0.15, 0.2) is 0 Å². The number of aliphatic hydroxyl groups is 1. The third kappa shape index (κ3) is 5.84. The topological polar surface area (TPSA) is 58.3 Å². The Morgan fingerprint density at radius 3 is 2.18 bits per heavy atom. The molecule has 4 N–H and O–H groups in total. The van der Waals surface area contributed by atoms with E-state index in [0.29, 0.717) is 6.61 Å². The van der Waals surface area contributed by atoms with E-state index >= 15 is 0 Å². The van der Waals surface area contributed by atoms with Crippen molar-refractivity contribution in [2.45, 2.75) is 69.7 Å². The Morgan fingerprint density at radius 2 is 1.59 bits per heavy atom. The van der Waals surface area contributed by atoms with Crippen molar-refractivity contribution in [3.05, 3.63) is 0 Å². The first-order chi connectivity index (χ1) is 8.33. The molecule has 0 aromatic rings. The standard InChI is InChI=1S/C14H30N2O/c15-13-14(16-11-7-4-8-12-17)9-5-2-1-3-6-10-14/h16-17H,1-13,15H2. The second kappa shape index (κ2) is 8.90. The van der Waals surface area contributed by atoms with Gasteiger partial charge in [-0.25, -0.2) is 0 Å². The summed E-state index contributed by atoms with van der Waals surface area (Å²) in [5, 5.41) is 12.4. The van der Waals surface area contributed by atoms with Gasteiger partial charge in [0.15, 0.2) is 0 Å². The van der Waals surface area contributed by atoms with Crippen LogP contribution in [0.4, 0.5) is 0 Å². The van der Waals surface area contributed by atoms with Gasteiger partial charge in [-0.2, -0.15) is 0 Å². The predicted octanol–water partition coefficient (Wildman–Crippen LogP) is 2.18. The highest BCUT2D eigenvalue weighted by Gasteiger charge is 2.27. The van der Waals surface area contributed by atoms with Gasteiger partial charge >= 0.3 is 0 Å². The zero-order chi connectivity index (χ0) is 12.4. The van der Waals surface area contributed by atoms with Crippen LogP contribution in [0.2, 0.25) is 0 Å². The SMILES string of the molecule is NCC1(NCCCCCO)CCCCCCC1. The van der Waals surface area contributed by atoms with Crippen LogP contribution in [0.25, 0.3) is 0 Å². The molecule has 0 aromatic heterocycles. The summed E-state index contributed by atoms with van der Waals surface area (Å²) in [5.74, 6) is 0. The van der Waals surface area contributed by atoms with Crippen molar-refractivity contribution in [3.63, 3.8) is 0 Å². The molecule has 3 heteroatoms. The first-order valence-corrected chi connectivity index (χ1v) is 7.39. The smallest absolute Gasteiger partial charge is 0.0431 e. The third-order valence-electron chi connectivity index (χ3n) is 4.04. The molecule has 0 heterocycles. The quantitative estimate of drug-likeness (QED) is 0.600. The highest BCUT2D eigenvalue weighted by atomic mass is 16.2. The van der Waals surface area contributed by atoms with Crippen molar-refractivity contribution in [2.24, 2.45) is 5.73 Å². The second-order valence-electron chi connectivity index (χ2n) is 5.46. The minimum atomic E-state index is 0.208. The zero-order valence-electron chi connectivity index (χ0n) is 11.2. The molecule has 0 aromatic carbocycles. The van der Waals surface area contributed by atoms with Crippen LogP contribution in [-0.2, 0) is 0 Å². The summed E-state index contributed by atoms with van der Waals surface area (Å²) in [6, 6.07) is 0. The van der Waals surface area contributed by atoms with Gasteiger partial charge in [0.25, 0.3) is 0 Å². The van der Waals surface area contributed by atoms with Crippen molar-refractivity contribution in [1.29, 1.82) is 0 Å². The van der Waals surface area contributed by atoms with Gasteiger partial charge in [0.05, 0.1) is 0 Å². The Balaban J connectivity index is 2.26. The molecule has 0 atom stereocenters. The van der Waals surface area contributed by atoms with Gasteiger partial charge in [-0.05, 0) is 38.6 Å². The summed E-state index contributed by atoms with van der Waals surface area (Å²) < 4.78 is 0. The molecular formula is C14H30N2O. The summed E-state index contributed by atoms with van der Waals surface area (Å²) in [6.07, 6.45) is 12.5. The van der Waals surface area contributed by atoms with Gasteiger partial charge in [0, 0.05) is 18.7 Å². The lowest BCUT2D eigenvalue weighted by molar-refractivity contribution is 0.250. The van der Waals surface area contributed by atoms with Crippen LogP contribution >= 0.6 is 0 Å². The van der Waals surface area contributed by atoms with Crippen molar-refractivity contribution < 1.29 is 5.11 Å². The average molecular weight is 242 g/mol. The van der Waals surface area contributed by atoms with Gasteiger partial charge in [-0.3, -0.25) is 0 Å². The minimum absolute atomic E-state index is 0.208. The van der Waals surface area contributed by atoms with Gasteiger partial charge in [0.2, 0.25) is 0 Å². The zero-order valence-corrected chi connectivity index (χ0v) is 11.2. The average Bonchev–Trinajstić information content (AvgIpc) is 2.32. The Bertz CT molecular complexity index is 177. The van der Waals surface area contributed by atoms with E-state index < -0.39 is 0 Å². The molecule has 1 aliphatic carbocycles. The van der Waals surface area contributed by atoms with E-state index in [2.05, 4.69) is 5.32 Å². The molecule has 1 saturated carbocycles. The predicted molar refractivity (Wildman–Crippen MR) is 73.0 cm³/mol. The Kier molecular flexibility index (Phi) is 7.82. The van der Waals surface area contributed by atoms with E-state index in [1.54, 1.807) is 0 Å². The van der Waals surface area contributed by atoms with Gasteiger partial charge < -0.3 is 16.2 Å². The van der Waals surface area contributed by atoms with E-state index in [4.69, 9.17) is 10.8 Å². The molecule has 0 unspecified atom stereocenters. The lowest BCUT2D eigenvalue weighted by atomic mass is 9.84. The molecule has 1 fully saturated rings. The second-order valence-corrected chi connectivity index (χ2v) is 5.46. The highest BCUT2D eigenvalue weighted by Crippen LogP contribution is 2.25. The number of rotatable bonds is 7. The first kappa shape index (κ1) is 14.9. The van der Waals surface area contributed by atoms with E-state index in [1.165, 1.54) is 44.9 Å². The van der Waals surface area contributed by atoms with Crippen molar-refractivity contribution in [3.8, 4) is 0 Å². The van der Waals surface area contributed by atoms with Crippen LogP contribution in [0, 0.1) is 0 Å². The maximum absolute atomic E-state index is 8.74. The van der Waals surface area contributed by atoms with E-state index in [1.807, 2.05) is 0 Å². The number of nitrogens with one attached hydrogen (secondary N) is 1. The number of nitrogens with two attached hydrogens (primary N) is 1. The molecule has 0 radical (unpaired) electrons. The van der Waals surface area contributed by atoms with Crippen LogP contribution in [-0.4, -0.2) is 30.3 Å². The van der Waals surface area contributed by atoms with Gasteiger partial charge in [-0.15, -0.1) is 0 Å². The van der Waals surface area contributed by atoms with Crippen molar-refractivity contribution >= 4 is 0 Å². The number of aliphatic hydroxyl groups excluding tert-OH is 1. The minimum Gasteiger partial charge on any atom is -0.396 e. The van der Waals surface area contributed by atoms with Crippen molar-refractivity contribution in [2.75, 3.05) is 19.7 Å². The van der Waals surface area contributed by atoms with Crippen LogP contribution < -0.4 is 11.1 Å². The third-order valence-corrected chi connectivity index (χ3v) is 4.04. The Labute approximate surface area is 106 Å².